The highest BCUT2D eigenvalue weighted by atomic mass is 35.5. The van der Waals surface area contributed by atoms with Crippen molar-refractivity contribution in [2.75, 3.05) is 39.8 Å². The van der Waals surface area contributed by atoms with Crippen LogP contribution >= 0.6 is 12.4 Å². The Labute approximate surface area is 78.6 Å². The Hall–Kier alpha value is -0.320. The minimum Gasteiger partial charge on any atom is -0.387 e. The number of halogens is 1. The summed E-state index contributed by atoms with van der Waals surface area (Å²) in [4.78, 5) is 14.8. The Kier molecular flexibility index (Phi) is 5.20. The van der Waals surface area contributed by atoms with E-state index in [4.69, 9.17) is 5.11 Å². The Morgan fingerprint density at radius 1 is 1.33 bits per heavy atom. The molecule has 12 heavy (non-hydrogen) atoms. The molecule has 72 valence electrons. The zero-order valence-electron chi connectivity index (χ0n) is 7.19. The van der Waals surface area contributed by atoms with Crippen LogP contribution in [0.15, 0.2) is 0 Å². The summed E-state index contributed by atoms with van der Waals surface area (Å²) in [6.07, 6.45) is 0. The van der Waals surface area contributed by atoms with Gasteiger partial charge in [-0.1, -0.05) is 0 Å². The van der Waals surface area contributed by atoms with Gasteiger partial charge in [-0.3, -0.25) is 4.79 Å². The van der Waals surface area contributed by atoms with Crippen LogP contribution in [0.5, 0.6) is 0 Å². The molecule has 1 N–H and O–H groups in total. The molecule has 0 bridgehead atoms. The van der Waals surface area contributed by atoms with Crippen molar-refractivity contribution in [2.24, 2.45) is 0 Å². The minimum absolute atomic E-state index is 0. The lowest BCUT2D eigenvalue weighted by molar-refractivity contribution is -0.135. The van der Waals surface area contributed by atoms with E-state index in [1.54, 1.807) is 4.90 Å². The molecule has 1 saturated heterocycles. The maximum Gasteiger partial charge on any atom is 0.248 e. The monoisotopic (exact) mass is 194 g/mol. The quantitative estimate of drug-likeness (QED) is 0.593. The minimum atomic E-state index is -0.357. The van der Waals surface area contributed by atoms with Crippen LogP contribution in [-0.2, 0) is 4.79 Å². The third-order valence-corrected chi connectivity index (χ3v) is 1.99. The van der Waals surface area contributed by atoms with Crippen molar-refractivity contribution in [2.45, 2.75) is 0 Å². The molecule has 0 spiro atoms. The summed E-state index contributed by atoms with van der Waals surface area (Å²) >= 11 is 0. The van der Waals surface area contributed by atoms with E-state index < -0.39 is 0 Å². The van der Waals surface area contributed by atoms with Gasteiger partial charge in [0.25, 0.3) is 0 Å². The van der Waals surface area contributed by atoms with Crippen molar-refractivity contribution in [3.8, 4) is 0 Å². The Morgan fingerprint density at radius 3 is 2.25 bits per heavy atom. The molecule has 1 aliphatic heterocycles. The van der Waals surface area contributed by atoms with Gasteiger partial charge < -0.3 is 14.9 Å². The molecule has 5 heteroatoms. The predicted octanol–water partition coefficient (Wildman–Crippen LogP) is -0.826. The van der Waals surface area contributed by atoms with Crippen molar-refractivity contribution in [1.29, 1.82) is 0 Å². The van der Waals surface area contributed by atoms with E-state index in [1.807, 2.05) is 7.05 Å². The fourth-order valence-corrected chi connectivity index (χ4v) is 1.16. The van der Waals surface area contributed by atoms with E-state index in [1.165, 1.54) is 0 Å². The van der Waals surface area contributed by atoms with E-state index in [2.05, 4.69) is 4.90 Å². The van der Waals surface area contributed by atoms with Crippen LogP contribution in [0.1, 0.15) is 0 Å². The highest BCUT2D eigenvalue weighted by Gasteiger charge is 2.17. The summed E-state index contributed by atoms with van der Waals surface area (Å²) in [5.41, 5.74) is 0. The van der Waals surface area contributed by atoms with Gasteiger partial charge in [0, 0.05) is 26.2 Å². The Bertz CT molecular complexity index is 146. The molecular formula is C7H15ClN2O2. The lowest BCUT2D eigenvalue weighted by atomic mass is 10.3. The Morgan fingerprint density at radius 2 is 1.83 bits per heavy atom. The van der Waals surface area contributed by atoms with Crippen molar-refractivity contribution in [1.82, 2.24) is 9.80 Å². The van der Waals surface area contributed by atoms with Crippen molar-refractivity contribution < 1.29 is 9.90 Å². The second-order valence-electron chi connectivity index (χ2n) is 2.84. The number of hydrogen-bond acceptors (Lipinski definition) is 3. The summed E-state index contributed by atoms with van der Waals surface area (Å²) < 4.78 is 0. The first kappa shape index (κ1) is 11.7. The predicted molar refractivity (Wildman–Crippen MR) is 48.4 cm³/mol. The average Bonchev–Trinajstić information content (AvgIpc) is 2.05. The molecule has 0 aliphatic carbocycles. The molecule has 1 aliphatic rings. The molecule has 1 amide bonds. The van der Waals surface area contributed by atoms with Crippen molar-refractivity contribution in [3.05, 3.63) is 0 Å². The summed E-state index contributed by atoms with van der Waals surface area (Å²) in [6, 6.07) is 0. The number of likely N-dealkylation sites (N-methyl/N-ethyl adjacent to an activating group) is 1. The summed E-state index contributed by atoms with van der Waals surface area (Å²) in [5, 5.41) is 8.55. The number of aliphatic hydroxyl groups excluding tert-OH is 1. The zero-order valence-corrected chi connectivity index (χ0v) is 8.01. The number of hydrogen-bond donors (Lipinski definition) is 1. The van der Waals surface area contributed by atoms with Gasteiger partial charge in [-0.15, -0.1) is 12.4 Å². The van der Waals surface area contributed by atoms with E-state index >= 15 is 0 Å². The molecule has 1 fully saturated rings. The molecule has 0 unspecified atom stereocenters. The largest absolute Gasteiger partial charge is 0.387 e. The van der Waals surface area contributed by atoms with Gasteiger partial charge in [0.2, 0.25) is 5.91 Å². The Balaban J connectivity index is 0.00000121. The summed E-state index contributed by atoms with van der Waals surface area (Å²) in [6.45, 7) is 2.95. The number of aliphatic hydroxyl groups is 1. The molecule has 1 rings (SSSR count). The standard InChI is InChI=1S/C7H14N2O2.ClH/c1-8-2-4-9(5-3-8)7(11)6-10;/h10H,2-6H2,1H3;1H. The van der Waals surface area contributed by atoms with Gasteiger partial charge >= 0.3 is 0 Å². The first-order valence-electron chi connectivity index (χ1n) is 3.81. The van der Waals surface area contributed by atoms with Gasteiger partial charge in [-0.2, -0.15) is 0 Å². The number of nitrogens with zero attached hydrogens (tertiary/aromatic N) is 2. The highest BCUT2D eigenvalue weighted by Crippen LogP contribution is 1.98. The third kappa shape index (κ3) is 2.97. The number of carbonyl (C=O) groups excluding carboxylic acids is 1. The maximum absolute atomic E-state index is 10.9. The first-order chi connectivity index (χ1) is 5.24. The van der Waals surface area contributed by atoms with Crippen molar-refractivity contribution in [3.63, 3.8) is 0 Å². The first-order valence-corrected chi connectivity index (χ1v) is 3.81. The van der Waals surface area contributed by atoms with Gasteiger partial charge in [0.05, 0.1) is 0 Å². The lowest BCUT2D eigenvalue weighted by Crippen LogP contribution is -2.48. The van der Waals surface area contributed by atoms with E-state index in [0.717, 1.165) is 26.2 Å². The van der Waals surface area contributed by atoms with Gasteiger partial charge in [-0.05, 0) is 7.05 Å². The fraction of sp³-hybridized carbons (Fsp3) is 0.857. The SMILES string of the molecule is CN1CCN(C(=O)CO)CC1.Cl. The van der Waals surface area contributed by atoms with Crippen LogP contribution < -0.4 is 0 Å². The van der Waals surface area contributed by atoms with E-state index in [-0.39, 0.29) is 24.9 Å². The molecule has 0 saturated carbocycles. The second-order valence-corrected chi connectivity index (χ2v) is 2.84. The number of piperazine rings is 1. The van der Waals surface area contributed by atoms with Crippen LogP contribution in [0.3, 0.4) is 0 Å². The van der Waals surface area contributed by atoms with Gasteiger partial charge in [0.15, 0.2) is 0 Å². The zero-order chi connectivity index (χ0) is 8.27. The second kappa shape index (κ2) is 5.35. The molecular weight excluding hydrogens is 180 g/mol. The normalized spacial score (nSPS) is 18.7. The molecule has 0 aromatic rings. The smallest absolute Gasteiger partial charge is 0.248 e. The third-order valence-electron chi connectivity index (χ3n) is 1.99. The molecule has 0 aromatic carbocycles. The summed E-state index contributed by atoms with van der Waals surface area (Å²) in [5.74, 6) is -0.155. The molecule has 0 radical (unpaired) electrons. The van der Waals surface area contributed by atoms with Crippen LogP contribution in [0, 0.1) is 0 Å². The number of carbonyl (C=O) groups is 1. The molecule has 0 atom stereocenters. The van der Waals surface area contributed by atoms with Crippen LogP contribution in [0.25, 0.3) is 0 Å². The topological polar surface area (TPSA) is 43.8 Å². The maximum atomic E-state index is 10.9. The average molecular weight is 195 g/mol. The number of rotatable bonds is 1. The van der Waals surface area contributed by atoms with E-state index in [0.29, 0.717) is 0 Å². The number of amides is 1. The van der Waals surface area contributed by atoms with Crippen LogP contribution in [-0.4, -0.2) is 60.6 Å². The highest BCUT2D eigenvalue weighted by molar-refractivity contribution is 5.85. The van der Waals surface area contributed by atoms with Gasteiger partial charge in [0.1, 0.15) is 6.61 Å². The summed E-state index contributed by atoms with van der Waals surface area (Å²) in [7, 11) is 2.03. The molecule has 0 aromatic heterocycles. The van der Waals surface area contributed by atoms with Crippen LogP contribution in [0.4, 0.5) is 0 Å². The lowest BCUT2D eigenvalue weighted by Gasteiger charge is -2.31. The molecule has 1 heterocycles. The van der Waals surface area contributed by atoms with Crippen LogP contribution in [0.2, 0.25) is 0 Å². The van der Waals surface area contributed by atoms with E-state index in [9.17, 15) is 4.79 Å². The van der Waals surface area contributed by atoms with Gasteiger partial charge in [-0.25, -0.2) is 0 Å². The fourth-order valence-electron chi connectivity index (χ4n) is 1.16. The van der Waals surface area contributed by atoms with Crippen molar-refractivity contribution >= 4 is 18.3 Å². The molecule has 4 nitrogen and oxygen atoms in total.